The zero-order valence-corrected chi connectivity index (χ0v) is 14.6. The fourth-order valence-corrected chi connectivity index (χ4v) is 3.65. The smallest absolute Gasteiger partial charge is 0.0722 e. The minimum Gasteiger partial charge on any atom is -0.313 e. The lowest BCUT2D eigenvalue weighted by Gasteiger charge is -2.26. The Morgan fingerprint density at radius 1 is 1.33 bits per heavy atom. The summed E-state index contributed by atoms with van der Waals surface area (Å²) in [6, 6.07) is 0. The second-order valence-corrected chi connectivity index (χ2v) is 8.03. The van der Waals surface area contributed by atoms with E-state index in [2.05, 4.69) is 44.3 Å². The van der Waals surface area contributed by atoms with Gasteiger partial charge in [0.2, 0.25) is 0 Å². The van der Waals surface area contributed by atoms with E-state index in [4.69, 9.17) is 0 Å². The SMILES string of the molecule is CC1CCCC(CCNCc2cn(C)nc2C(C)(C)C)C1. The van der Waals surface area contributed by atoms with Crippen molar-refractivity contribution in [3.05, 3.63) is 17.5 Å². The lowest BCUT2D eigenvalue weighted by molar-refractivity contribution is 0.267. The Labute approximate surface area is 130 Å². The van der Waals surface area contributed by atoms with Crippen LogP contribution in [0.1, 0.15) is 71.1 Å². The van der Waals surface area contributed by atoms with Gasteiger partial charge in [-0.2, -0.15) is 5.10 Å². The minimum absolute atomic E-state index is 0.122. The first-order chi connectivity index (χ1) is 9.86. The van der Waals surface area contributed by atoms with Crippen molar-refractivity contribution in [3.8, 4) is 0 Å². The van der Waals surface area contributed by atoms with Crippen LogP contribution in [-0.2, 0) is 19.0 Å². The summed E-state index contributed by atoms with van der Waals surface area (Å²) in [5.74, 6) is 1.88. The molecule has 0 bridgehead atoms. The van der Waals surface area contributed by atoms with Gasteiger partial charge < -0.3 is 5.32 Å². The Hall–Kier alpha value is -0.830. The number of aryl methyl sites for hydroxylation is 1. The summed E-state index contributed by atoms with van der Waals surface area (Å²) in [5, 5.41) is 8.27. The number of aromatic nitrogens is 2. The van der Waals surface area contributed by atoms with Crippen LogP contribution in [0.15, 0.2) is 6.20 Å². The summed E-state index contributed by atoms with van der Waals surface area (Å²) in [4.78, 5) is 0. The lowest BCUT2D eigenvalue weighted by Crippen LogP contribution is -2.22. The molecule has 1 saturated carbocycles. The maximum Gasteiger partial charge on any atom is 0.0722 e. The van der Waals surface area contributed by atoms with Crippen LogP contribution in [0.2, 0.25) is 0 Å². The Bertz CT molecular complexity index is 442. The van der Waals surface area contributed by atoms with Crippen LogP contribution < -0.4 is 5.32 Å². The molecule has 2 unspecified atom stereocenters. The van der Waals surface area contributed by atoms with E-state index in [0.717, 1.165) is 24.9 Å². The van der Waals surface area contributed by atoms with E-state index in [1.54, 1.807) is 0 Å². The normalized spacial score (nSPS) is 23.5. The highest BCUT2D eigenvalue weighted by Gasteiger charge is 2.22. The molecule has 120 valence electrons. The van der Waals surface area contributed by atoms with E-state index in [-0.39, 0.29) is 5.41 Å². The van der Waals surface area contributed by atoms with Gasteiger partial charge in [0.25, 0.3) is 0 Å². The Morgan fingerprint density at radius 3 is 2.76 bits per heavy atom. The van der Waals surface area contributed by atoms with Crippen molar-refractivity contribution in [2.75, 3.05) is 6.54 Å². The number of nitrogens with one attached hydrogen (secondary N) is 1. The molecular formula is C18H33N3. The summed E-state index contributed by atoms with van der Waals surface area (Å²) < 4.78 is 1.94. The highest BCUT2D eigenvalue weighted by Crippen LogP contribution is 2.30. The van der Waals surface area contributed by atoms with Crippen molar-refractivity contribution in [1.82, 2.24) is 15.1 Å². The Morgan fingerprint density at radius 2 is 2.10 bits per heavy atom. The fraction of sp³-hybridized carbons (Fsp3) is 0.833. The molecule has 1 aromatic rings. The quantitative estimate of drug-likeness (QED) is 0.830. The van der Waals surface area contributed by atoms with E-state index in [9.17, 15) is 0 Å². The van der Waals surface area contributed by atoms with Crippen molar-refractivity contribution in [2.45, 2.75) is 71.8 Å². The van der Waals surface area contributed by atoms with Crippen LogP contribution in [0, 0.1) is 11.8 Å². The number of rotatable bonds is 5. The third-order valence-electron chi connectivity index (χ3n) is 4.70. The van der Waals surface area contributed by atoms with Crippen LogP contribution in [-0.4, -0.2) is 16.3 Å². The predicted octanol–water partition coefficient (Wildman–Crippen LogP) is 4.02. The first-order valence-electron chi connectivity index (χ1n) is 8.60. The third-order valence-corrected chi connectivity index (χ3v) is 4.70. The van der Waals surface area contributed by atoms with Gasteiger partial charge in [-0.1, -0.05) is 47.0 Å². The number of hydrogen-bond acceptors (Lipinski definition) is 2. The molecule has 3 heteroatoms. The van der Waals surface area contributed by atoms with E-state index >= 15 is 0 Å². The molecule has 0 spiro atoms. The average Bonchev–Trinajstić information content (AvgIpc) is 2.76. The average molecular weight is 291 g/mol. The van der Waals surface area contributed by atoms with Gasteiger partial charge in [0.05, 0.1) is 5.69 Å². The second kappa shape index (κ2) is 6.95. The molecule has 3 nitrogen and oxygen atoms in total. The predicted molar refractivity (Wildman–Crippen MR) is 89.4 cm³/mol. The zero-order chi connectivity index (χ0) is 15.5. The Kier molecular flexibility index (Phi) is 5.48. The third kappa shape index (κ3) is 4.84. The first-order valence-corrected chi connectivity index (χ1v) is 8.60. The molecule has 1 aliphatic carbocycles. The molecule has 1 aliphatic rings. The summed E-state index contributed by atoms with van der Waals surface area (Å²) >= 11 is 0. The summed E-state index contributed by atoms with van der Waals surface area (Å²) in [7, 11) is 2.02. The van der Waals surface area contributed by atoms with Crippen molar-refractivity contribution in [2.24, 2.45) is 18.9 Å². The summed E-state index contributed by atoms with van der Waals surface area (Å²) in [5.41, 5.74) is 2.70. The van der Waals surface area contributed by atoms with Gasteiger partial charge in [0, 0.05) is 30.8 Å². The fourth-order valence-electron chi connectivity index (χ4n) is 3.65. The monoisotopic (exact) mass is 291 g/mol. The number of hydrogen-bond donors (Lipinski definition) is 1. The molecule has 1 aromatic heterocycles. The second-order valence-electron chi connectivity index (χ2n) is 8.03. The van der Waals surface area contributed by atoms with Crippen molar-refractivity contribution < 1.29 is 0 Å². The van der Waals surface area contributed by atoms with E-state index in [1.807, 2.05) is 11.7 Å². The molecule has 2 atom stereocenters. The first kappa shape index (κ1) is 16.5. The molecule has 0 saturated heterocycles. The van der Waals surface area contributed by atoms with Crippen LogP contribution in [0.4, 0.5) is 0 Å². The molecular weight excluding hydrogens is 258 g/mol. The van der Waals surface area contributed by atoms with Gasteiger partial charge in [-0.25, -0.2) is 0 Å². The van der Waals surface area contributed by atoms with E-state index in [0.29, 0.717) is 0 Å². The van der Waals surface area contributed by atoms with Crippen molar-refractivity contribution in [3.63, 3.8) is 0 Å². The summed E-state index contributed by atoms with van der Waals surface area (Å²) in [6.07, 6.45) is 9.23. The van der Waals surface area contributed by atoms with Crippen molar-refractivity contribution in [1.29, 1.82) is 0 Å². The maximum absolute atomic E-state index is 4.64. The molecule has 1 heterocycles. The van der Waals surface area contributed by atoms with Gasteiger partial charge in [0.1, 0.15) is 0 Å². The molecule has 0 radical (unpaired) electrons. The maximum atomic E-state index is 4.64. The minimum atomic E-state index is 0.122. The van der Waals surface area contributed by atoms with Gasteiger partial charge in [0.15, 0.2) is 0 Å². The Balaban J connectivity index is 1.78. The zero-order valence-electron chi connectivity index (χ0n) is 14.6. The van der Waals surface area contributed by atoms with Crippen LogP contribution >= 0.6 is 0 Å². The standard InChI is InChI=1S/C18H33N3/c1-14-7-6-8-15(11-14)9-10-19-12-16-13-21(5)20-17(16)18(2,3)4/h13-15,19H,6-12H2,1-5H3. The molecule has 0 aliphatic heterocycles. The molecule has 0 aromatic carbocycles. The van der Waals surface area contributed by atoms with Crippen LogP contribution in [0.25, 0.3) is 0 Å². The van der Waals surface area contributed by atoms with Gasteiger partial charge in [-0.05, 0) is 31.2 Å². The molecule has 2 rings (SSSR count). The highest BCUT2D eigenvalue weighted by atomic mass is 15.3. The van der Waals surface area contributed by atoms with Crippen LogP contribution in [0.3, 0.4) is 0 Å². The van der Waals surface area contributed by atoms with E-state index < -0.39 is 0 Å². The van der Waals surface area contributed by atoms with E-state index in [1.165, 1.54) is 43.4 Å². The molecule has 21 heavy (non-hydrogen) atoms. The van der Waals surface area contributed by atoms with Crippen LogP contribution in [0.5, 0.6) is 0 Å². The molecule has 0 amide bonds. The lowest BCUT2D eigenvalue weighted by atomic mass is 9.81. The number of nitrogens with zero attached hydrogens (tertiary/aromatic N) is 2. The largest absolute Gasteiger partial charge is 0.313 e. The molecule has 1 fully saturated rings. The van der Waals surface area contributed by atoms with Crippen molar-refractivity contribution >= 4 is 0 Å². The van der Waals surface area contributed by atoms with Gasteiger partial charge in [-0.15, -0.1) is 0 Å². The topological polar surface area (TPSA) is 29.9 Å². The van der Waals surface area contributed by atoms with Gasteiger partial charge >= 0.3 is 0 Å². The molecule has 1 N–H and O–H groups in total. The highest BCUT2D eigenvalue weighted by molar-refractivity contribution is 5.23. The van der Waals surface area contributed by atoms with Gasteiger partial charge in [-0.3, -0.25) is 4.68 Å². The summed E-state index contributed by atoms with van der Waals surface area (Å²) in [6.45, 7) is 11.2.